The average Bonchev–Trinajstić information content (AvgIpc) is 3.02. The Morgan fingerprint density at radius 2 is 1.62 bits per heavy atom. The molecular weight excluding hydrogens is 543 g/mol. The number of rotatable bonds is 10. The number of anilines is 2. The van der Waals surface area contributed by atoms with Crippen LogP contribution >= 0.6 is 0 Å². The van der Waals surface area contributed by atoms with Gasteiger partial charge < -0.3 is 10.0 Å². The van der Waals surface area contributed by atoms with Crippen LogP contribution in [0.25, 0.3) is 0 Å². The number of aliphatic hydroxyl groups excluding tert-OH is 1. The third-order valence-corrected chi connectivity index (χ3v) is 11.3. The zero-order valence-corrected chi connectivity index (χ0v) is 25.4. The summed E-state index contributed by atoms with van der Waals surface area (Å²) in [4.78, 5) is 1.91. The van der Waals surface area contributed by atoms with Crippen molar-refractivity contribution < 1.29 is 21.9 Å². The molecule has 0 bridgehead atoms. The fourth-order valence-corrected chi connectivity index (χ4v) is 9.21. The lowest BCUT2D eigenvalue weighted by molar-refractivity contribution is 0.243. The van der Waals surface area contributed by atoms with Gasteiger partial charge in [-0.15, -0.1) is 0 Å². The van der Waals surface area contributed by atoms with Gasteiger partial charge in [-0.1, -0.05) is 87.6 Å². The highest BCUT2D eigenvalue weighted by Crippen LogP contribution is 2.46. The molecule has 10 heteroatoms. The third-order valence-electron chi connectivity index (χ3n) is 7.96. The van der Waals surface area contributed by atoms with E-state index in [0.717, 1.165) is 30.3 Å². The van der Waals surface area contributed by atoms with Crippen molar-refractivity contribution in [3.05, 3.63) is 83.9 Å². The number of aliphatic hydroxyl groups is 1. The summed E-state index contributed by atoms with van der Waals surface area (Å²) in [5.74, 6) is 0. The molecule has 1 N–H and O–H groups in total. The first-order valence-electron chi connectivity index (χ1n) is 13.9. The van der Waals surface area contributed by atoms with Crippen LogP contribution in [0.5, 0.6) is 0 Å². The SMILES string of the molecule is CCCCC1(CC)CN(c2ccccc2)c2cc(S(C)(=O)=O)c(CO)cc2S(=O)(=O)N1B(C)Cc1ccccc1. The second-order valence-corrected chi connectivity index (χ2v) is 14.6. The van der Waals surface area contributed by atoms with Crippen LogP contribution in [-0.2, 0) is 32.8 Å². The zero-order valence-electron chi connectivity index (χ0n) is 23.7. The maximum atomic E-state index is 14.9. The molecule has 7 nitrogen and oxygen atoms in total. The molecule has 0 aromatic heterocycles. The Kier molecular flexibility index (Phi) is 9.14. The van der Waals surface area contributed by atoms with Crippen molar-refractivity contribution in [3.8, 4) is 0 Å². The molecule has 0 spiro atoms. The Morgan fingerprint density at radius 1 is 1.00 bits per heavy atom. The summed E-state index contributed by atoms with van der Waals surface area (Å²) in [5, 5.41) is 10.2. The molecule has 214 valence electrons. The van der Waals surface area contributed by atoms with E-state index in [1.54, 1.807) is 4.22 Å². The minimum absolute atomic E-state index is 0.0135. The zero-order chi connectivity index (χ0) is 29.1. The number of benzene rings is 3. The van der Waals surface area contributed by atoms with Crippen molar-refractivity contribution in [2.75, 3.05) is 17.7 Å². The van der Waals surface area contributed by atoms with E-state index in [9.17, 15) is 21.9 Å². The molecule has 0 radical (unpaired) electrons. The maximum absolute atomic E-state index is 14.9. The van der Waals surface area contributed by atoms with Crippen molar-refractivity contribution in [2.24, 2.45) is 0 Å². The van der Waals surface area contributed by atoms with Gasteiger partial charge in [0.25, 0.3) is 0 Å². The third kappa shape index (κ3) is 5.86. The van der Waals surface area contributed by atoms with Gasteiger partial charge >= 0.3 is 0 Å². The van der Waals surface area contributed by atoms with Crippen LogP contribution in [0.2, 0.25) is 6.82 Å². The van der Waals surface area contributed by atoms with E-state index < -0.39 is 32.0 Å². The second kappa shape index (κ2) is 12.1. The van der Waals surface area contributed by atoms with Gasteiger partial charge in [0.05, 0.1) is 17.2 Å². The Balaban J connectivity index is 2.05. The molecule has 1 unspecified atom stereocenters. The van der Waals surface area contributed by atoms with Crippen molar-refractivity contribution >= 4 is 38.1 Å². The van der Waals surface area contributed by atoms with E-state index in [0.29, 0.717) is 31.4 Å². The summed E-state index contributed by atoms with van der Waals surface area (Å²) in [7, 11) is -7.89. The van der Waals surface area contributed by atoms with Gasteiger partial charge in [0.1, 0.15) is 4.90 Å². The van der Waals surface area contributed by atoms with Crippen LogP contribution in [0.15, 0.2) is 82.6 Å². The van der Waals surface area contributed by atoms with Crippen LogP contribution in [0.4, 0.5) is 11.4 Å². The van der Waals surface area contributed by atoms with Crippen LogP contribution < -0.4 is 4.90 Å². The number of nitrogens with zero attached hydrogens (tertiary/aromatic N) is 2. The molecule has 0 saturated heterocycles. The van der Waals surface area contributed by atoms with Gasteiger partial charge in [0.15, 0.2) is 9.84 Å². The minimum atomic E-state index is -4.14. The molecule has 1 aliphatic rings. The van der Waals surface area contributed by atoms with Gasteiger partial charge in [0.2, 0.25) is 16.9 Å². The molecule has 0 aliphatic carbocycles. The monoisotopic (exact) mass is 582 g/mol. The normalized spacial score (nSPS) is 19.2. The maximum Gasteiger partial charge on any atom is 0.244 e. The van der Waals surface area contributed by atoms with E-state index in [1.165, 1.54) is 12.1 Å². The summed E-state index contributed by atoms with van der Waals surface area (Å²) >= 11 is 0. The molecule has 1 atom stereocenters. The Labute approximate surface area is 239 Å². The standard InChI is InChI=1S/C30H39BN2O5S2/c1-5-7-18-30(6-2)23-32(26-16-12-9-13-17-26)27-20-28(39(4,35)36)25(22-34)19-29(27)40(37,38)33(30)31(3)21-24-14-10-8-11-15-24/h8-17,19-20,34H,5-7,18,21-23H2,1-4H3. The highest BCUT2D eigenvalue weighted by molar-refractivity contribution is 7.91. The minimum Gasteiger partial charge on any atom is -0.392 e. The quantitative estimate of drug-likeness (QED) is 0.319. The lowest BCUT2D eigenvalue weighted by atomic mass is 9.57. The molecule has 1 heterocycles. The van der Waals surface area contributed by atoms with E-state index in [1.807, 2.05) is 79.3 Å². The van der Waals surface area contributed by atoms with Gasteiger partial charge in [0, 0.05) is 24.0 Å². The summed E-state index contributed by atoms with van der Waals surface area (Å²) in [6.45, 7) is 5.48. The highest BCUT2D eigenvalue weighted by atomic mass is 32.2. The van der Waals surface area contributed by atoms with Gasteiger partial charge in [-0.25, -0.2) is 21.1 Å². The Bertz CT molecular complexity index is 1530. The molecular formula is C30H39BN2O5S2. The summed E-state index contributed by atoms with van der Waals surface area (Å²) in [6, 6.07) is 22.2. The topological polar surface area (TPSA) is 95.0 Å². The fraction of sp³-hybridized carbons (Fsp3) is 0.400. The Morgan fingerprint density at radius 3 is 2.17 bits per heavy atom. The van der Waals surface area contributed by atoms with E-state index >= 15 is 0 Å². The highest BCUT2D eigenvalue weighted by Gasteiger charge is 2.50. The van der Waals surface area contributed by atoms with Gasteiger partial charge in [-0.3, -0.25) is 0 Å². The van der Waals surface area contributed by atoms with Gasteiger partial charge in [-0.05, 0) is 49.0 Å². The summed E-state index contributed by atoms with van der Waals surface area (Å²) < 4.78 is 57.0. The van der Waals surface area contributed by atoms with E-state index in [4.69, 9.17) is 0 Å². The Hall–Kier alpha value is -2.66. The molecule has 3 aromatic carbocycles. The first-order chi connectivity index (χ1) is 19.0. The molecule has 40 heavy (non-hydrogen) atoms. The predicted octanol–water partition coefficient (Wildman–Crippen LogP) is 5.47. The lowest BCUT2D eigenvalue weighted by Crippen LogP contribution is -2.60. The smallest absolute Gasteiger partial charge is 0.244 e. The van der Waals surface area contributed by atoms with Crippen LogP contribution in [0, 0.1) is 0 Å². The van der Waals surface area contributed by atoms with Crippen LogP contribution in [-0.4, -0.2) is 51.3 Å². The molecule has 3 aromatic rings. The molecule has 0 fully saturated rings. The lowest BCUT2D eigenvalue weighted by Gasteiger charge is -2.46. The number of fused-ring (bicyclic) bond motifs is 1. The first-order valence-corrected chi connectivity index (χ1v) is 17.2. The van der Waals surface area contributed by atoms with Crippen molar-refractivity contribution in [2.45, 2.75) is 74.6 Å². The van der Waals surface area contributed by atoms with Crippen molar-refractivity contribution in [3.63, 3.8) is 0 Å². The fourth-order valence-electron chi connectivity index (χ4n) is 6.01. The van der Waals surface area contributed by atoms with E-state index in [2.05, 4.69) is 6.92 Å². The average molecular weight is 583 g/mol. The summed E-state index contributed by atoms with van der Waals surface area (Å²) in [6.07, 6.45) is 4.60. The largest absolute Gasteiger partial charge is 0.392 e. The van der Waals surface area contributed by atoms with Crippen molar-refractivity contribution in [1.82, 2.24) is 4.22 Å². The van der Waals surface area contributed by atoms with Crippen LogP contribution in [0.1, 0.15) is 50.7 Å². The number of hydrogen-bond donors (Lipinski definition) is 1. The van der Waals surface area contributed by atoms with Crippen LogP contribution in [0.3, 0.4) is 0 Å². The summed E-state index contributed by atoms with van der Waals surface area (Å²) in [5.41, 5.74) is 1.45. The predicted molar refractivity (Wildman–Crippen MR) is 162 cm³/mol. The molecule has 1 aliphatic heterocycles. The number of sulfonamides is 1. The van der Waals surface area contributed by atoms with E-state index in [-0.39, 0.29) is 22.2 Å². The molecule has 0 saturated carbocycles. The van der Waals surface area contributed by atoms with Crippen molar-refractivity contribution in [1.29, 1.82) is 0 Å². The van der Waals surface area contributed by atoms with Gasteiger partial charge in [-0.2, -0.15) is 0 Å². The molecule has 0 amide bonds. The number of para-hydroxylation sites is 1. The second-order valence-electron chi connectivity index (χ2n) is 10.8. The number of unbranched alkanes of at least 4 members (excludes halogenated alkanes) is 1. The number of hydrogen-bond acceptors (Lipinski definition) is 6. The molecule has 4 rings (SSSR count). The number of sulfone groups is 1. The first kappa shape index (κ1) is 30.3.